The minimum atomic E-state index is -1.38. The number of nitrogens with two attached hydrogens (primary N) is 1. The Balaban J connectivity index is 1.33. The normalized spacial score (nSPS) is 25.3. The zero-order chi connectivity index (χ0) is 35.7. The van der Waals surface area contributed by atoms with Crippen molar-refractivity contribution in [2.24, 2.45) is 40.7 Å². The largest absolute Gasteiger partial charge is 0.459 e. The van der Waals surface area contributed by atoms with Crippen LogP contribution in [0.1, 0.15) is 91.5 Å². The third-order valence-corrected chi connectivity index (χ3v) is 11.7. The third kappa shape index (κ3) is 7.94. The first kappa shape index (κ1) is 36.3. The first-order valence-electron chi connectivity index (χ1n) is 17.9. The van der Waals surface area contributed by atoms with Crippen molar-refractivity contribution in [2.75, 3.05) is 6.54 Å². The van der Waals surface area contributed by atoms with Gasteiger partial charge in [0.15, 0.2) is 0 Å². The third-order valence-electron chi connectivity index (χ3n) is 11.7. The second-order valence-corrected chi connectivity index (χ2v) is 15.8. The molecule has 1 aromatic carbocycles. The number of hydrogen-bond acceptors (Lipinski definition) is 7. The Morgan fingerprint density at radius 3 is 2.22 bits per heavy atom. The Labute approximate surface area is 289 Å². The van der Waals surface area contributed by atoms with Crippen LogP contribution in [-0.2, 0) is 35.3 Å². The fourth-order valence-corrected chi connectivity index (χ4v) is 7.91. The number of esters is 1. The summed E-state index contributed by atoms with van der Waals surface area (Å²) in [5.41, 5.74) is 4.57. The van der Waals surface area contributed by atoms with Gasteiger partial charge in [-0.15, -0.1) is 0 Å². The number of benzene rings is 1. The molecule has 49 heavy (non-hydrogen) atoms. The highest BCUT2D eigenvalue weighted by molar-refractivity contribution is 6.37. The number of carbonyl (C=O) groups excluding carboxylic acids is 6. The number of primary amides is 1. The van der Waals surface area contributed by atoms with Crippen LogP contribution in [0, 0.1) is 35.0 Å². The van der Waals surface area contributed by atoms with Gasteiger partial charge < -0.3 is 31.3 Å². The Hall–Kier alpha value is -3.96. The molecular formula is C37H53N5O7. The molecule has 0 spiro atoms. The predicted octanol–water partition coefficient (Wildman–Crippen LogP) is 3.21. The number of carbonyl (C=O) groups is 6. The van der Waals surface area contributed by atoms with E-state index in [1.807, 2.05) is 44.2 Å². The topological polar surface area (TPSA) is 177 Å². The number of fused-ring (bicyclic) bond motifs is 1. The fourth-order valence-electron chi connectivity index (χ4n) is 7.91. The average molecular weight is 680 g/mol. The number of ether oxygens (including phenoxy) is 1. The van der Waals surface area contributed by atoms with Crippen molar-refractivity contribution in [3.63, 3.8) is 0 Å². The number of amides is 5. The smallest absolute Gasteiger partial charge is 0.332 e. The van der Waals surface area contributed by atoms with Gasteiger partial charge in [0.2, 0.25) is 17.6 Å². The molecule has 5 rings (SSSR count). The Kier molecular flexibility index (Phi) is 10.7. The highest BCUT2D eigenvalue weighted by Gasteiger charge is 2.69. The summed E-state index contributed by atoms with van der Waals surface area (Å²) in [7, 11) is 0. The lowest BCUT2D eigenvalue weighted by Crippen LogP contribution is -2.63. The van der Waals surface area contributed by atoms with Crippen molar-refractivity contribution in [1.29, 1.82) is 0 Å². The first-order chi connectivity index (χ1) is 23.1. The van der Waals surface area contributed by atoms with E-state index in [1.165, 1.54) is 0 Å². The van der Waals surface area contributed by atoms with E-state index in [9.17, 15) is 28.8 Å². The van der Waals surface area contributed by atoms with Crippen LogP contribution in [0.4, 0.5) is 4.79 Å². The van der Waals surface area contributed by atoms with Crippen LogP contribution in [0.3, 0.4) is 0 Å². The number of urea groups is 1. The average Bonchev–Trinajstić information content (AvgIpc) is 3.93. The molecule has 0 radical (unpaired) electrons. The van der Waals surface area contributed by atoms with Crippen molar-refractivity contribution in [3.05, 3.63) is 35.9 Å². The molecule has 1 unspecified atom stereocenters. The summed E-state index contributed by atoms with van der Waals surface area (Å²) in [5, 5.41) is 8.55. The Morgan fingerprint density at radius 1 is 0.980 bits per heavy atom. The van der Waals surface area contributed by atoms with Crippen molar-refractivity contribution < 1.29 is 33.5 Å². The Bertz CT molecular complexity index is 1440. The molecular weight excluding hydrogens is 626 g/mol. The van der Waals surface area contributed by atoms with E-state index in [1.54, 1.807) is 11.8 Å². The van der Waals surface area contributed by atoms with Crippen LogP contribution in [0.25, 0.3) is 0 Å². The summed E-state index contributed by atoms with van der Waals surface area (Å²) < 4.78 is 5.62. The molecule has 4 fully saturated rings. The number of nitrogens with one attached hydrogen (secondary N) is 3. The van der Waals surface area contributed by atoms with Crippen molar-refractivity contribution in [3.8, 4) is 0 Å². The van der Waals surface area contributed by atoms with E-state index < -0.39 is 53.3 Å². The zero-order valence-electron chi connectivity index (χ0n) is 29.5. The number of ketones is 1. The predicted molar refractivity (Wildman–Crippen MR) is 181 cm³/mol. The molecule has 268 valence electrons. The molecule has 12 heteroatoms. The number of rotatable bonds is 14. The standard InChI is InChI=1S/C37H53N5O7/c1-21(2)37(5,34(47)49-20-23-12-8-6-9-13-23)41-35(48)40-28(24-14-10-7-11-15-24)33(46)42-19-25-27(36(25,3)4)29(42)32(45)39-26(18-22-16-17-22)30(43)31(38)44/h6,8-9,12-13,21-22,24-29H,7,10-11,14-20H2,1-5H3,(H2,38,44)(H,39,45)(H2,40,41,48)/t25-,26?,27-,28-,29-,37-/m0/s1. The molecule has 0 aromatic heterocycles. The molecule has 12 nitrogen and oxygen atoms in total. The van der Waals surface area contributed by atoms with Crippen LogP contribution < -0.4 is 21.7 Å². The first-order valence-corrected chi connectivity index (χ1v) is 17.9. The lowest BCUT2D eigenvalue weighted by Gasteiger charge is -2.38. The number of hydrogen-bond donors (Lipinski definition) is 4. The molecule has 5 N–H and O–H groups in total. The maximum atomic E-state index is 14.6. The SMILES string of the molecule is CC(C)[C@](C)(NC(=O)N[C@H](C(=O)N1C[C@H]2[C@@H]([C@H]1C(=O)NC(CC1CC1)C(=O)C(N)=O)C2(C)C)C1CCCCC1)C(=O)OCc1ccccc1. The van der Waals surface area contributed by atoms with E-state index in [0.29, 0.717) is 13.0 Å². The maximum Gasteiger partial charge on any atom is 0.332 e. The van der Waals surface area contributed by atoms with Gasteiger partial charge in [0.05, 0.1) is 6.04 Å². The molecule has 1 saturated heterocycles. The van der Waals surface area contributed by atoms with Gasteiger partial charge in [0.1, 0.15) is 24.2 Å². The molecule has 5 amide bonds. The van der Waals surface area contributed by atoms with Gasteiger partial charge in [-0.2, -0.15) is 0 Å². The van der Waals surface area contributed by atoms with Gasteiger partial charge in [0, 0.05) is 6.54 Å². The minimum absolute atomic E-state index is 0.0537. The quantitative estimate of drug-likeness (QED) is 0.172. The summed E-state index contributed by atoms with van der Waals surface area (Å²) in [6, 6.07) is 5.78. The van der Waals surface area contributed by atoms with Gasteiger partial charge in [-0.3, -0.25) is 19.2 Å². The highest BCUT2D eigenvalue weighted by Crippen LogP contribution is 2.65. The highest BCUT2D eigenvalue weighted by atomic mass is 16.5. The van der Waals surface area contributed by atoms with E-state index in [4.69, 9.17) is 10.5 Å². The van der Waals surface area contributed by atoms with Crippen LogP contribution in [0.15, 0.2) is 30.3 Å². The van der Waals surface area contributed by atoms with Gasteiger partial charge in [-0.05, 0) is 66.8 Å². The van der Waals surface area contributed by atoms with E-state index in [-0.39, 0.29) is 47.5 Å². The van der Waals surface area contributed by atoms with Crippen molar-refractivity contribution >= 4 is 35.5 Å². The van der Waals surface area contributed by atoms with Crippen LogP contribution >= 0.6 is 0 Å². The number of nitrogens with zero attached hydrogens (tertiary/aromatic N) is 1. The summed E-state index contributed by atoms with van der Waals surface area (Å²) in [5.74, 6) is -3.67. The van der Waals surface area contributed by atoms with E-state index in [0.717, 1.165) is 50.5 Å². The molecule has 4 aliphatic rings. The summed E-state index contributed by atoms with van der Waals surface area (Å²) >= 11 is 0. The lowest BCUT2D eigenvalue weighted by atomic mass is 9.83. The van der Waals surface area contributed by atoms with Gasteiger partial charge in [0.25, 0.3) is 5.91 Å². The van der Waals surface area contributed by atoms with Crippen LogP contribution in [0.5, 0.6) is 0 Å². The van der Waals surface area contributed by atoms with E-state index >= 15 is 0 Å². The van der Waals surface area contributed by atoms with Gasteiger partial charge in [-0.25, -0.2) is 9.59 Å². The van der Waals surface area contributed by atoms with Crippen molar-refractivity contribution in [1.82, 2.24) is 20.9 Å². The van der Waals surface area contributed by atoms with Gasteiger partial charge in [-0.1, -0.05) is 90.1 Å². The molecule has 6 atom stereocenters. The molecule has 3 aliphatic carbocycles. The van der Waals surface area contributed by atoms with Crippen LogP contribution in [0.2, 0.25) is 0 Å². The lowest BCUT2D eigenvalue weighted by molar-refractivity contribution is -0.153. The summed E-state index contributed by atoms with van der Waals surface area (Å²) in [6.07, 6.45) is 6.49. The number of Topliss-reactive ketones (excluding diaryl/α,β-unsaturated/α-hetero) is 1. The molecule has 1 aromatic rings. The molecule has 0 bridgehead atoms. The maximum absolute atomic E-state index is 14.6. The second-order valence-electron chi connectivity index (χ2n) is 15.8. The van der Waals surface area contributed by atoms with Gasteiger partial charge >= 0.3 is 12.0 Å². The molecule has 1 heterocycles. The zero-order valence-corrected chi connectivity index (χ0v) is 29.5. The number of likely N-dealkylation sites (tertiary alicyclic amines) is 1. The second kappa shape index (κ2) is 14.5. The van der Waals surface area contributed by atoms with E-state index in [2.05, 4.69) is 29.8 Å². The minimum Gasteiger partial charge on any atom is -0.459 e. The monoisotopic (exact) mass is 679 g/mol. The molecule has 3 saturated carbocycles. The molecule has 1 aliphatic heterocycles. The fraction of sp³-hybridized carbons (Fsp3) is 0.676. The van der Waals surface area contributed by atoms with Crippen molar-refractivity contribution in [2.45, 2.75) is 116 Å². The Morgan fingerprint density at radius 2 is 1.63 bits per heavy atom. The summed E-state index contributed by atoms with van der Waals surface area (Å²) in [4.78, 5) is 81.7. The van der Waals surface area contributed by atoms with Crippen LogP contribution in [-0.4, -0.2) is 70.6 Å². The number of piperidine rings is 1. The summed E-state index contributed by atoms with van der Waals surface area (Å²) in [6.45, 7) is 9.77.